The molecule has 0 unspecified atom stereocenters. The van der Waals surface area contributed by atoms with Gasteiger partial charge in [0.2, 0.25) is 0 Å². The molecule has 14 heavy (non-hydrogen) atoms. The van der Waals surface area contributed by atoms with Crippen LogP contribution in [0.1, 0.15) is 18.4 Å². The van der Waals surface area contributed by atoms with Crippen LogP contribution in [-0.2, 0) is 6.42 Å². The van der Waals surface area contributed by atoms with Gasteiger partial charge in [-0.3, -0.25) is 0 Å². The van der Waals surface area contributed by atoms with Gasteiger partial charge >= 0.3 is 0 Å². The summed E-state index contributed by atoms with van der Waals surface area (Å²) in [6.07, 6.45) is 3.84. The van der Waals surface area contributed by atoms with Crippen LogP contribution in [0.25, 0.3) is 0 Å². The minimum Gasteiger partial charge on any atom is -0.497 e. The Morgan fingerprint density at radius 3 is 2.57 bits per heavy atom. The van der Waals surface area contributed by atoms with E-state index in [0.717, 1.165) is 24.8 Å². The zero-order chi connectivity index (χ0) is 9.80. The molecule has 1 aromatic carbocycles. The number of methoxy groups -OCH3 is 1. The Balaban J connectivity index is 1.77. The average molecular weight is 191 g/mol. The van der Waals surface area contributed by atoms with Gasteiger partial charge in [-0.25, -0.2) is 0 Å². The Bertz CT molecular complexity index is 277. The Morgan fingerprint density at radius 2 is 2.00 bits per heavy atom. The molecule has 2 heteroatoms. The summed E-state index contributed by atoms with van der Waals surface area (Å²) in [5.41, 5.74) is 1.37. The molecule has 1 aromatic rings. The zero-order valence-electron chi connectivity index (χ0n) is 8.62. The third kappa shape index (κ3) is 2.74. The molecule has 0 aromatic heterocycles. The van der Waals surface area contributed by atoms with E-state index in [-0.39, 0.29) is 0 Å². The lowest BCUT2D eigenvalue weighted by Gasteiger charge is -2.04. The first-order valence-electron chi connectivity index (χ1n) is 5.25. The van der Waals surface area contributed by atoms with Crippen LogP contribution in [0.15, 0.2) is 24.3 Å². The summed E-state index contributed by atoms with van der Waals surface area (Å²) in [6.45, 7) is 1.09. The van der Waals surface area contributed by atoms with E-state index in [1.165, 1.54) is 18.4 Å². The molecule has 0 spiro atoms. The largest absolute Gasteiger partial charge is 0.497 e. The fourth-order valence-corrected chi connectivity index (χ4v) is 1.50. The van der Waals surface area contributed by atoms with E-state index >= 15 is 0 Å². The maximum atomic E-state index is 5.11. The molecular formula is C12H17NO. The molecule has 1 aliphatic carbocycles. The van der Waals surface area contributed by atoms with Crippen LogP contribution >= 0.6 is 0 Å². The van der Waals surface area contributed by atoms with Crippen molar-refractivity contribution in [1.82, 2.24) is 5.32 Å². The average Bonchev–Trinajstić information content (AvgIpc) is 3.03. The van der Waals surface area contributed by atoms with Crippen molar-refractivity contribution >= 4 is 0 Å². The predicted molar refractivity (Wildman–Crippen MR) is 57.7 cm³/mol. The molecule has 0 bridgehead atoms. The van der Waals surface area contributed by atoms with Crippen LogP contribution in [0.2, 0.25) is 0 Å². The van der Waals surface area contributed by atoms with E-state index in [4.69, 9.17) is 4.74 Å². The van der Waals surface area contributed by atoms with Crippen LogP contribution < -0.4 is 10.1 Å². The van der Waals surface area contributed by atoms with Gasteiger partial charge in [-0.1, -0.05) is 12.1 Å². The highest BCUT2D eigenvalue weighted by Crippen LogP contribution is 2.18. The maximum Gasteiger partial charge on any atom is 0.118 e. The van der Waals surface area contributed by atoms with E-state index in [9.17, 15) is 0 Å². The molecule has 1 N–H and O–H groups in total. The summed E-state index contributed by atoms with van der Waals surface area (Å²) in [7, 11) is 1.70. The second-order valence-corrected chi connectivity index (χ2v) is 3.83. The molecule has 1 fully saturated rings. The molecule has 2 nitrogen and oxygen atoms in total. The smallest absolute Gasteiger partial charge is 0.118 e. The lowest BCUT2D eigenvalue weighted by molar-refractivity contribution is 0.414. The van der Waals surface area contributed by atoms with Gasteiger partial charge in [-0.05, 0) is 43.5 Å². The van der Waals surface area contributed by atoms with Crippen LogP contribution in [0.4, 0.5) is 0 Å². The van der Waals surface area contributed by atoms with Crippen molar-refractivity contribution in [3.05, 3.63) is 29.8 Å². The summed E-state index contributed by atoms with van der Waals surface area (Å²) < 4.78 is 5.11. The molecule has 1 saturated carbocycles. The minimum absolute atomic E-state index is 0.813. The Hall–Kier alpha value is -1.02. The van der Waals surface area contributed by atoms with Crippen molar-refractivity contribution in [1.29, 1.82) is 0 Å². The third-order valence-electron chi connectivity index (χ3n) is 2.58. The standard InChI is InChI=1S/C12H17NO/c1-14-12-6-2-10(3-7-12)8-9-13-11-4-5-11/h2-3,6-7,11,13H,4-5,8-9H2,1H3. The molecule has 0 atom stereocenters. The number of ether oxygens (including phenoxy) is 1. The predicted octanol–water partition coefficient (Wildman–Crippen LogP) is 1.99. The number of hydrogen-bond donors (Lipinski definition) is 1. The quantitative estimate of drug-likeness (QED) is 0.768. The van der Waals surface area contributed by atoms with Crippen molar-refractivity contribution in [2.45, 2.75) is 25.3 Å². The first-order valence-corrected chi connectivity index (χ1v) is 5.25. The summed E-state index contributed by atoms with van der Waals surface area (Å²) in [5, 5.41) is 3.50. The number of rotatable bonds is 5. The molecule has 76 valence electrons. The summed E-state index contributed by atoms with van der Waals surface area (Å²) in [6, 6.07) is 9.12. The monoisotopic (exact) mass is 191 g/mol. The number of nitrogens with one attached hydrogen (secondary N) is 1. The van der Waals surface area contributed by atoms with Crippen molar-refractivity contribution in [2.75, 3.05) is 13.7 Å². The molecule has 0 heterocycles. The van der Waals surface area contributed by atoms with Crippen molar-refractivity contribution in [3.63, 3.8) is 0 Å². The van der Waals surface area contributed by atoms with E-state index in [1.54, 1.807) is 7.11 Å². The topological polar surface area (TPSA) is 21.3 Å². The van der Waals surface area contributed by atoms with Crippen molar-refractivity contribution in [2.24, 2.45) is 0 Å². The number of benzene rings is 1. The zero-order valence-corrected chi connectivity index (χ0v) is 8.62. The lowest BCUT2D eigenvalue weighted by Crippen LogP contribution is -2.19. The van der Waals surface area contributed by atoms with E-state index < -0.39 is 0 Å². The van der Waals surface area contributed by atoms with Crippen LogP contribution in [0, 0.1) is 0 Å². The Morgan fingerprint density at radius 1 is 1.29 bits per heavy atom. The van der Waals surface area contributed by atoms with Gasteiger partial charge in [-0.15, -0.1) is 0 Å². The highest BCUT2D eigenvalue weighted by atomic mass is 16.5. The van der Waals surface area contributed by atoms with Gasteiger partial charge in [0.15, 0.2) is 0 Å². The summed E-state index contributed by atoms with van der Waals surface area (Å²) in [5.74, 6) is 0.934. The Kier molecular flexibility index (Phi) is 3.04. The van der Waals surface area contributed by atoms with E-state index in [0.29, 0.717) is 0 Å². The van der Waals surface area contributed by atoms with Gasteiger partial charge < -0.3 is 10.1 Å². The maximum absolute atomic E-state index is 5.11. The minimum atomic E-state index is 0.813. The molecule has 2 rings (SSSR count). The molecule has 0 amide bonds. The second kappa shape index (κ2) is 4.47. The van der Waals surface area contributed by atoms with E-state index in [2.05, 4.69) is 17.4 Å². The molecule has 0 saturated heterocycles. The van der Waals surface area contributed by atoms with Gasteiger partial charge in [0.1, 0.15) is 5.75 Å². The first kappa shape index (κ1) is 9.53. The van der Waals surface area contributed by atoms with Gasteiger partial charge in [0.25, 0.3) is 0 Å². The molecule has 0 aliphatic heterocycles. The van der Waals surface area contributed by atoms with Gasteiger partial charge in [0.05, 0.1) is 7.11 Å². The molecule has 0 radical (unpaired) electrons. The Labute approximate surface area is 85.3 Å². The SMILES string of the molecule is COc1ccc(CCNC2CC2)cc1. The fraction of sp³-hybridized carbons (Fsp3) is 0.500. The highest BCUT2D eigenvalue weighted by molar-refractivity contribution is 5.27. The summed E-state index contributed by atoms with van der Waals surface area (Å²) in [4.78, 5) is 0. The fourth-order valence-electron chi connectivity index (χ4n) is 1.50. The molecular weight excluding hydrogens is 174 g/mol. The van der Waals surface area contributed by atoms with Crippen LogP contribution in [-0.4, -0.2) is 19.7 Å². The second-order valence-electron chi connectivity index (χ2n) is 3.83. The lowest BCUT2D eigenvalue weighted by atomic mass is 10.1. The molecule has 1 aliphatic rings. The van der Waals surface area contributed by atoms with Crippen LogP contribution in [0.3, 0.4) is 0 Å². The van der Waals surface area contributed by atoms with E-state index in [1.807, 2.05) is 12.1 Å². The summed E-state index contributed by atoms with van der Waals surface area (Å²) >= 11 is 0. The van der Waals surface area contributed by atoms with Gasteiger partial charge in [0, 0.05) is 6.04 Å². The van der Waals surface area contributed by atoms with Crippen molar-refractivity contribution < 1.29 is 4.74 Å². The first-order chi connectivity index (χ1) is 6.88. The van der Waals surface area contributed by atoms with Crippen LogP contribution in [0.5, 0.6) is 5.75 Å². The third-order valence-corrected chi connectivity index (χ3v) is 2.58. The highest BCUT2D eigenvalue weighted by Gasteiger charge is 2.19. The van der Waals surface area contributed by atoms with Gasteiger partial charge in [-0.2, -0.15) is 0 Å². The number of hydrogen-bond acceptors (Lipinski definition) is 2. The van der Waals surface area contributed by atoms with Crippen molar-refractivity contribution in [3.8, 4) is 5.75 Å². The normalized spacial score (nSPS) is 15.5.